The summed E-state index contributed by atoms with van der Waals surface area (Å²) in [4.78, 5) is 11.9. The number of hydrogen-bond acceptors (Lipinski definition) is 6. The number of hydrogen-bond donors (Lipinski definition) is 1. The number of para-hydroxylation sites is 1. The molecule has 26 heavy (non-hydrogen) atoms. The Morgan fingerprint density at radius 1 is 1.27 bits per heavy atom. The van der Waals surface area contributed by atoms with Crippen LogP contribution in [-0.4, -0.2) is 26.4 Å². The Hall–Kier alpha value is -2.74. The molecule has 0 saturated heterocycles. The Bertz CT molecular complexity index is 834. The van der Waals surface area contributed by atoms with Gasteiger partial charge in [0.05, 0.1) is 18.6 Å². The van der Waals surface area contributed by atoms with Gasteiger partial charge < -0.3 is 19.0 Å². The lowest BCUT2D eigenvalue weighted by Gasteiger charge is -2.14. The molecule has 0 radical (unpaired) electrons. The number of ether oxygens (including phenoxy) is 1. The standard InChI is InChI=1S/C18H20N4O3S/c1-13(25-14-7-4-3-5-8-14)17-20-21-18(22(17)2)26-12-16(23)19-11-15-9-6-10-24-15/h3-10,13H,11-12H2,1-2H3,(H,19,23). The summed E-state index contributed by atoms with van der Waals surface area (Å²) in [7, 11) is 1.86. The molecule has 1 atom stereocenters. The average Bonchev–Trinajstić information content (AvgIpc) is 3.29. The van der Waals surface area contributed by atoms with Crippen molar-refractivity contribution in [2.75, 3.05) is 5.75 Å². The fourth-order valence-electron chi connectivity index (χ4n) is 2.34. The number of thioether (sulfide) groups is 1. The molecule has 1 amide bonds. The first kappa shape index (κ1) is 18.1. The normalized spacial score (nSPS) is 11.9. The lowest BCUT2D eigenvalue weighted by atomic mass is 10.3. The molecule has 0 spiro atoms. The van der Waals surface area contributed by atoms with Gasteiger partial charge >= 0.3 is 0 Å². The van der Waals surface area contributed by atoms with Crippen molar-refractivity contribution in [3.05, 3.63) is 60.3 Å². The molecule has 0 aliphatic rings. The Balaban J connectivity index is 1.52. The van der Waals surface area contributed by atoms with E-state index >= 15 is 0 Å². The van der Waals surface area contributed by atoms with Crippen LogP contribution in [0, 0.1) is 0 Å². The smallest absolute Gasteiger partial charge is 0.230 e. The van der Waals surface area contributed by atoms with Crippen LogP contribution in [0.15, 0.2) is 58.3 Å². The summed E-state index contributed by atoms with van der Waals surface area (Å²) >= 11 is 1.33. The van der Waals surface area contributed by atoms with Gasteiger partial charge in [-0.25, -0.2) is 0 Å². The van der Waals surface area contributed by atoms with E-state index in [4.69, 9.17) is 9.15 Å². The highest BCUT2D eigenvalue weighted by Gasteiger charge is 2.18. The predicted octanol–water partition coefficient (Wildman–Crippen LogP) is 2.96. The van der Waals surface area contributed by atoms with E-state index in [1.54, 1.807) is 12.3 Å². The van der Waals surface area contributed by atoms with Gasteiger partial charge in [0.1, 0.15) is 11.5 Å². The molecular weight excluding hydrogens is 352 g/mol. The van der Waals surface area contributed by atoms with Gasteiger partial charge in [-0.1, -0.05) is 30.0 Å². The minimum Gasteiger partial charge on any atom is -0.483 e. The van der Waals surface area contributed by atoms with Crippen molar-refractivity contribution in [3.63, 3.8) is 0 Å². The maximum atomic E-state index is 11.9. The highest BCUT2D eigenvalue weighted by Crippen LogP contribution is 2.23. The minimum absolute atomic E-state index is 0.0930. The largest absolute Gasteiger partial charge is 0.483 e. The number of aromatic nitrogens is 3. The topological polar surface area (TPSA) is 82.2 Å². The van der Waals surface area contributed by atoms with Crippen molar-refractivity contribution < 1.29 is 13.9 Å². The van der Waals surface area contributed by atoms with Crippen molar-refractivity contribution in [3.8, 4) is 5.75 Å². The first-order valence-electron chi connectivity index (χ1n) is 8.16. The second kappa shape index (κ2) is 8.57. The van der Waals surface area contributed by atoms with Gasteiger partial charge in [-0.3, -0.25) is 4.79 Å². The molecule has 0 aliphatic carbocycles. The second-order valence-corrected chi connectivity index (χ2v) is 6.56. The number of amides is 1. The van der Waals surface area contributed by atoms with Gasteiger partial charge in [0.15, 0.2) is 17.1 Å². The Morgan fingerprint density at radius 2 is 2.08 bits per heavy atom. The van der Waals surface area contributed by atoms with Crippen LogP contribution in [0.4, 0.5) is 0 Å². The first-order chi connectivity index (χ1) is 12.6. The van der Waals surface area contributed by atoms with E-state index in [0.717, 1.165) is 11.5 Å². The van der Waals surface area contributed by atoms with E-state index in [2.05, 4.69) is 15.5 Å². The van der Waals surface area contributed by atoms with E-state index in [-0.39, 0.29) is 17.8 Å². The van der Waals surface area contributed by atoms with Crippen molar-refractivity contribution in [2.24, 2.45) is 7.05 Å². The summed E-state index contributed by atoms with van der Waals surface area (Å²) in [6.45, 7) is 2.29. The van der Waals surface area contributed by atoms with E-state index in [1.807, 2.05) is 54.9 Å². The molecule has 8 heteroatoms. The van der Waals surface area contributed by atoms with E-state index < -0.39 is 0 Å². The van der Waals surface area contributed by atoms with Gasteiger partial charge in [-0.2, -0.15) is 0 Å². The number of rotatable bonds is 8. The number of nitrogens with zero attached hydrogens (tertiary/aromatic N) is 3. The Kier molecular flexibility index (Phi) is 5.96. The molecule has 0 fully saturated rings. The van der Waals surface area contributed by atoms with Crippen LogP contribution in [0.25, 0.3) is 0 Å². The predicted molar refractivity (Wildman–Crippen MR) is 97.8 cm³/mol. The van der Waals surface area contributed by atoms with Crippen LogP contribution in [0.1, 0.15) is 24.6 Å². The lowest BCUT2D eigenvalue weighted by molar-refractivity contribution is -0.118. The molecule has 1 N–H and O–H groups in total. The Morgan fingerprint density at radius 3 is 2.81 bits per heavy atom. The molecule has 3 rings (SSSR count). The van der Waals surface area contributed by atoms with Gasteiger partial charge in [0, 0.05) is 7.05 Å². The number of furan rings is 1. The maximum Gasteiger partial charge on any atom is 0.230 e. The third-order valence-corrected chi connectivity index (χ3v) is 4.68. The molecule has 1 unspecified atom stereocenters. The zero-order chi connectivity index (χ0) is 18.4. The number of carbonyl (C=O) groups is 1. The fourth-order valence-corrected chi connectivity index (χ4v) is 3.09. The molecule has 7 nitrogen and oxygen atoms in total. The molecule has 1 aromatic carbocycles. The molecule has 0 bridgehead atoms. The highest BCUT2D eigenvalue weighted by molar-refractivity contribution is 7.99. The summed E-state index contributed by atoms with van der Waals surface area (Å²) < 4.78 is 12.9. The zero-order valence-electron chi connectivity index (χ0n) is 14.6. The van der Waals surface area contributed by atoms with E-state index in [9.17, 15) is 4.79 Å². The van der Waals surface area contributed by atoms with E-state index in [0.29, 0.717) is 17.5 Å². The van der Waals surface area contributed by atoms with Crippen LogP contribution in [0.5, 0.6) is 5.75 Å². The van der Waals surface area contributed by atoms with Crippen molar-refractivity contribution >= 4 is 17.7 Å². The first-order valence-corrected chi connectivity index (χ1v) is 9.15. The lowest BCUT2D eigenvalue weighted by Crippen LogP contribution is -2.24. The number of carbonyl (C=O) groups excluding carboxylic acids is 1. The summed E-state index contributed by atoms with van der Waals surface area (Å²) in [6.07, 6.45) is 1.33. The molecule has 136 valence electrons. The Labute approximate surface area is 155 Å². The zero-order valence-corrected chi connectivity index (χ0v) is 15.4. The quantitative estimate of drug-likeness (QED) is 0.612. The molecule has 0 aliphatic heterocycles. The molecule has 2 heterocycles. The third kappa shape index (κ3) is 4.66. The highest BCUT2D eigenvalue weighted by atomic mass is 32.2. The number of nitrogens with one attached hydrogen (secondary N) is 1. The molecular formula is C18H20N4O3S. The SMILES string of the molecule is CC(Oc1ccccc1)c1nnc(SCC(=O)NCc2ccco2)n1C. The number of benzene rings is 1. The third-order valence-electron chi connectivity index (χ3n) is 3.66. The van der Waals surface area contributed by atoms with Crippen LogP contribution in [0.3, 0.4) is 0 Å². The van der Waals surface area contributed by atoms with Crippen LogP contribution in [0.2, 0.25) is 0 Å². The van der Waals surface area contributed by atoms with E-state index in [1.165, 1.54) is 11.8 Å². The molecule has 0 saturated carbocycles. The molecule has 2 aromatic heterocycles. The van der Waals surface area contributed by atoms with Gasteiger partial charge in [-0.05, 0) is 31.2 Å². The summed E-state index contributed by atoms with van der Waals surface area (Å²) in [5, 5.41) is 11.8. The van der Waals surface area contributed by atoms with Crippen LogP contribution >= 0.6 is 11.8 Å². The monoisotopic (exact) mass is 372 g/mol. The fraction of sp³-hybridized carbons (Fsp3) is 0.278. The van der Waals surface area contributed by atoms with Crippen molar-refractivity contribution in [2.45, 2.75) is 24.7 Å². The minimum atomic E-state index is -0.253. The van der Waals surface area contributed by atoms with Gasteiger partial charge in [0.25, 0.3) is 0 Å². The average molecular weight is 372 g/mol. The summed E-state index contributed by atoms with van der Waals surface area (Å²) in [6, 6.07) is 13.2. The maximum absolute atomic E-state index is 11.9. The van der Waals surface area contributed by atoms with Gasteiger partial charge in [-0.15, -0.1) is 10.2 Å². The second-order valence-electron chi connectivity index (χ2n) is 5.62. The summed E-state index contributed by atoms with van der Waals surface area (Å²) in [5.41, 5.74) is 0. The molecule has 3 aromatic rings. The van der Waals surface area contributed by atoms with Crippen molar-refractivity contribution in [1.29, 1.82) is 0 Å². The summed E-state index contributed by atoms with van der Waals surface area (Å²) in [5.74, 6) is 2.35. The van der Waals surface area contributed by atoms with Crippen LogP contribution in [-0.2, 0) is 18.4 Å². The van der Waals surface area contributed by atoms with Gasteiger partial charge in [0.2, 0.25) is 5.91 Å². The van der Waals surface area contributed by atoms with Crippen LogP contribution < -0.4 is 10.1 Å². The van der Waals surface area contributed by atoms with Crippen molar-refractivity contribution in [1.82, 2.24) is 20.1 Å².